The first-order chi connectivity index (χ1) is 8.47. The van der Waals surface area contributed by atoms with Crippen LogP contribution >= 0.6 is 11.6 Å². The van der Waals surface area contributed by atoms with Crippen LogP contribution in [0.4, 0.5) is 4.39 Å². The molecule has 0 aliphatic rings. The highest BCUT2D eigenvalue weighted by atomic mass is 35.5. The van der Waals surface area contributed by atoms with Gasteiger partial charge >= 0.3 is 5.97 Å². The fraction of sp³-hybridized carbons (Fsp3) is 0.0833. The lowest BCUT2D eigenvalue weighted by molar-refractivity contribution is 0.0683. The molecule has 0 saturated carbocycles. The van der Waals surface area contributed by atoms with Crippen LogP contribution in [-0.2, 0) is 0 Å². The lowest BCUT2D eigenvalue weighted by Gasteiger charge is -2.04. The first-order valence-corrected chi connectivity index (χ1v) is 5.39. The third kappa shape index (κ3) is 2.46. The van der Waals surface area contributed by atoms with Crippen LogP contribution in [0.1, 0.15) is 16.3 Å². The summed E-state index contributed by atoms with van der Waals surface area (Å²) in [5, 5.41) is 8.83. The van der Waals surface area contributed by atoms with Crippen molar-refractivity contribution in [2.24, 2.45) is 0 Å². The van der Waals surface area contributed by atoms with Gasteiger partial charge < -0.3 is 5.11 Å². The minimum atomic E-state index is -1.21. The zero-order valence-electron chi connectivity index (χ0n) is 9.32. The van der Waals surface area contributed by atoms with E-state index in [-0.39, 0.29) is 10.8 Å². The summed E-state index contributed by atoms with van der Waals surface area (Å²) in [7, 11) is 0. The molecule has 92 valence electrons. The van der Waals surface area contributed by atoms with Crippen molar-refractivity contribution in [1.29, 1.82) is 0 Å². The monoisotopic (exact) mass is 266 g/mol. The number of carboxylic acid groups (broad SMARTS) is 1. The average molecular weight is 267 g/mol. The standard InChI is InChI=1S/C12H8ClFN2O2/c1-6-4-10(16-11(15-6)12(17)18)7-2-3-9(14)8(13)5-7/h2-5H,1H3,(H,17,18). The number of carboxylic acids is 1. The molecule has 2 aromatic rings. The van der Waals surface area contributed by atoms with E-state index in [4.69, 9.17) is 16.7 Å². The Hall–Kier alpha value is -2.01. The molecular weight excluding hydrogens is 259 g/mol. The SMILES string of the molecule is Cc1cc(-c2ccc(F)c(Cl)c2)nc(C(=O)O)n1. The number of aromatic carboxylic acids is 1. The predicted molar refractivity (Wildman–Crippen MR) is 64.1 cm³/mol. The molecule has 0 radical (unpaired) electrons. The molecule has 1 heterocycles. The first kappa shape index (κ1) is 12.4. The van der Waals surface area contributed by atoms with E-state index >= 15 is 0 Å². The van der Waals surface area contributed by atoms with Crippen LogP contribution in [-0.4, -0.2) is 21.0 Å². The van der Waals surface area contributed by atoms with Crippen molar-refractivity contribution in [3.63, 3.8) is 0 Å². The lowest BCUT2D eigenvalue weighted by atomic mass is 10.1. The quantitative estimate of drug-likeness (QED) is 0.908. The highest BCUT2D eigenvalue weighted by Crippen LogP contribution is 2.23. The summed E-state index contributed by atoms with van der Waals surface area (Å²) in [6, 6.07) is 5.68. The van der Waals surface area contributed by atoms with Crippen molar-refractivity contribution in [2.45, 2.75) is 6.92 Å². The van der Waals surface area contributed by atoms with Crippen molar-refractivity contribution in [2.75, 3.05) is 0 Å². The Morgan fingerprint density at radius 1 is 1.33 bits per heavy atom. The number of hydrogen-bond donors (Lipinski definition) is 1. The summed E-state index contributed by atoms with van der Waals surface area (Å²) >= 11 is 5.67. The first-order valence-electron chi connectivity index (χ1n) is 5.02. The van der Waals surface area contributed by atoms with Crippen LogP contribution in [0.5, 0.6) is 0 Å². The molecule has 0 spiro atoms. The molecular formula is C12H8ClFN2O2. The van der Waals surface area contributed by atoms with Gasteiger partial charge in [0.25, 0.3) is 0 Å². The molecule has 0 bridgehead atoms. The highest BCUT2D eigenvalue weighted by molar-refractivity contribution is 6.31. The highest BCUT2D eigenvalue weighted by Gasteiger charge is 2.11. The average Bonchev–Trinajstić information content (AvgIpc) is 2.31. The van der Waals surface area contributed by atoms with Crippen molar-refractivity contribution in [1.82, 2.24) is 9.97 Å². The molecule has 0 unspecified atom stereocenters. The van der Waals surface area contributed by atoms with Gasteiger partial charge in [-0.05, 0) is 31.2 Å². The van der Waals surface area contributed by atoms with Crippen LogP contribution in [0, 0.1) is 12.7 Å². The van der Waals surface area contributed by atoms with Crippen LogP contribution < -0.4 is 0 Å². The molecule has 1 N–H and O–H groups in total. The summed E-state index contributed by atoms with van der Waals surface area (Å²) in [5.74, 6) is -2.05. The Morgan fingerprint density at radius 2 is 2.06 bits per heavy atom. The van der Waals surface area contributed by atoms with E-state index in [1.165, 1.54) is 18.2 Å². The fourth-order valence-corrected chi connectivity index (χ4v) is 1.65. The maximum Gasteiger partial charge on any atom is 0.373 e. The van der Waals surface area contributed by atoms with Crippen LogP contribution in [0.25, 0.3) is 11.3 Å². The van der Waals surface area contributed by atoms with Crippen LogP contribution in [0.15, 0.2) is 24.3 Å². The molecule has 1 aromatic heterocycles. The van der Waals surface area contributed by atoms with Gasteiger partial charge in [-0.15, -0.1) is 0 Å². The third-order valence-electron chi connectivity index (χ3n) is 2.26. The van der Waals surface area contributed by atoms with Gasteiger partial charge in [-0.1, -0.05) is 11.6 Å². The lowest BCUT2D eigenvalue weighted by Crippen LogP contribution is -2.06. The second kappa shape index (κ2) is 4.70. The van der Waals surface area contributed by atoms with E-state index in [0.717, 1.165) is 0 Å². The summed E-state index contributed by atoms with van der Waals surface area (Å²) in [6.45, 7) is 1.66. The Balaban J connectivity index is 2.56. The van der Waals surface area contributed by atoms with Gasteiger partial charge in [0.05, 0.1) is 10.7 Å². The normalized spacial score (nSPS) is 10.4. The number of aryl methyl sites for hydroxylation is 1. The zero-order chi connectivity index (χ0) is 13.3. The third-order valence-corrected chi connectivity index (χ3v) is 2.55. The number of benzene rings is 1. The van der Waals surface area contributed by atoms with Crippen molar-refractivity contribution in [3.8, 4) is 11.3 Å². The number of aromatic nitrogens is 2. The van der Waals surface area contributed by atoms with E-state index in [1.54, 1.807) is 13.0 Å². The number of halogens is 2. The minimum absolute atomic E-state index is 0.0411. The molecule has 0 aliphatic carbocycles. The molecule has 18 heavy (non-hydrogen) atoms. The molecule has 0 saturated heterocycles. The number of carbonyl (C=O) groups is 1. The summed E-state index contributed by atoms with van der Waals surface area (Å²) in [4.78, 5) is 18.5. The molecule has 2 rings (SSSR count). The molecule has 0 aliphatic heterocycles. The number of nitrogens with zero attached hydrogens (tertiary/aromatic N) is 2. The molecule has 6 heteroatoms. The molecule has 4 nitrogen and oxygen atoms in total. The molecule has 1 aromatic carbocycles. The fourth-order valence-electron chi connectivity index (χ4n) is 1.47. The maximum atomic E-state index is 13.0. The predicted octanol–water partition coefficient (Wildman–Crippen LogP) is 2.94. The maximum absolute atomic E-state index is 13.0. The van der Waals surface area contributed by atoms with Gasteiger partial charge in [-0.25, -0.2) is 19.2 Å². The van der Waals surface area contributed by atoms with E-state index in [0.29, 0.717) is 17.0 Å². The smallest absolute Gasteiger partial charge is 0.373 e. The molecule has 0 amide bonds. The van der Waals surface area contributed by atoms with Gasteiger partial charge in [-0.3, -0.25) is 0 Å². The van der Waals surface area contributed by atoms with Crippen molar-refractivity contribution in [3.05, 3.63) is 46.6 Å². The molecule has 0 fully saturated rings. The Labute approximate surface area is 107 Å². The Morgan fingerprint density at radius 3 is 2.67 bits per heavy atom. The van der Waals surface area contributed by atoms with Crippen molar-refractivity contribution >= 4 is 17.6 Å². The largest absolute Gasteiger partial charge is 0.475 e. The van der Waals surface area contributed by atoms with E-state index < -0.39 is 11.8 Å². The van der Waals surface area contributed by atoms with Gasteiger partial charge in [0.15, 0.2) is 0 Å². The number of hydrogen-bond acceptors (Lipinski definition) is 3. The Bertz CT molecular complexity index is 631. The molecule has 0 atom stereocenters. The summed E-state index contributed by atoms with van der Waals surface area (Å²) in [5.41, 5.74) is 1.44. The summed E-state index contributed by atoms with van der Waals surface area (Å²) in [6.07, 6.45) is 0. The number of rotatable bonds is 2. The van der Waals surface area contributed by atoms with Crippen molar-refractivity contribution < 1.29 is 14.3 Å². The van der Waals surface area contributed by atoms with E-state index in [9.17, 15) is 9.18 Å². The zero-order valence-corrected chi connectivity index (χ0v) is 10.1. The second-order valence-corrected chi connectivity index (χ2v) is 4.06. The van der Waals surface area contributed by atoms with E-state index in [1.807, 2.05) is 0 Å². The topological polar surface area (TPSA) is 63.1 Å². The summed E-state index contributed by atoms with van der Waals surface area (Å²) < 4.78 is 13.0. The Kier molecular flexibility index (Phi) is 3.25. The van der Waals surface area contributed by atoms with E-state index in [2.05, 4.69) is 9.97 Å². The van der Waals surface area contributed by atoms with Gasteiger partial charge in [-0.2, -0.15) is 0 Å². The van der Waals surface area contributed by atoms with Gasteiger partial charge in [0.1, 0.15) is 5.82 Å². The van der Waals surface area contributed by atoms with Gasteiger partial charge in [0.2, 0.25) is 5.82 Å². The van der Waals surface area contributed by atoms with Gasteiger partial charge in [0, 0.05) is 11.3 Å². The van der Waals surface area contributed by atoms with Crippen LogP contribution in [0.3, 0.4) is 0 Å². The second-order valence-electron chi connectivity index (χ2n) is 3.65. The minimum Gasteiger partial charge on any atom is -0.475 e. The van der Waals surface area contributed by atoms with Crippen LogP contribution in [0.2, 0.25) is 5.02 Å².